The van der Waals surface area contributed by atoms with E-state index >= 15 is 0 Å². The number of carbonyl (C=O) groups is 1. The van der Waals surface area contributed by atoms with Gasteiger partial charge in [0.15, 0.2) is 11.6 Å². The summed E-state index contributed by atoms with van der Waals surface area (Å²) in [6.07, 6.45) is 3.66. The van der Waals surface area contributed by atoms with Gasteiger partial charge in [0.25, 0.3) is 5.91 Å². The minimum atomic E-state index is -0.325. The standard InChI is InChI=1S/C17H21ClN6O/c1-11-5-7-24(8-6-11)16-14(19)15(20-10-21-16)22-23-17(25)12-3-2-4-13(18)9-12/h2-4,9-11H,5-8,19H2,1H3,(H,23,25)(H,20,21,22). The third-order valence-corrected chi connectivity index (χ3v) is 4.56. The topological polar surface area (TPSA) is 96.2 Å². The lowest BCUT2D eigenvalue weighted by atomic mass is 9.99. The Morgan fingerprint density at radius 2 is 2.08 bits per heavy atom. The molecule has 2 heterocycles. The van der Waals surface area contributed by atoms with Crippen LogP contribution in [0.15, 0.2) is 30.6 Å². The lowest BCUT2D eigenvalue weighted by Gasteiger charge is -2.32. The molecule has 0 unspecified atom stereocenters. The highest BCUT2D eigenvalue weighted by molar-refractivity contribution is 6.30. The van der Waals surface area contributed by atoms with E-state index < -0.39 is 0 Å². The summed E-state index contributed by atoms with van der Waals surface area (Å²) in [7, 11) is 0. The molecular formula is C17H21ClN6O. The molecule has 1 aromatic carbocycles. The van der Waals surface area contributed by atoms with E-state index in [4.69, 9.17) is 17.3 Å². The van der Waals surface area contributed by atoms with Crippen LogP contribution >= 0.6 is 11.6 Å². The molecule has 1 aliphatic rings. The number of nitrogens with one attached hydrogen (secondary N) is 2. The van der Waals surface area contributed by atoms with Crippen LogP contribution in [-0.4, -0.2) is 29.0 Å². The summed E-state index contributed by atoms with van der Waals surface area (Å²) in [6, 6.07) is 6.68. The molecule has 0 aliphatic carbocycles. The number of rotatable bonds is 4. The van der Waals surface area contributed by atoms with Crippen molar-refractivity contribution in [2.24, 2.45) is 5.92 Å². The van der Waals surface area contributed by atoms with Gasteiger partial charge in [-0.3, -0.25) is 15.6 Å². The van der Waals surface area contributed by atoms with Crippen molar-refractivity contribution in [3.63, 3.8) is 0 Å². The van der Waals surface area contributed by atoms with Gasteiger partial charge in [-0.15, -0.1) is 0 Å². The van der Waals surface area contributed by atoms with E-state index in [1.165, 1.54) is 6.33 Å². The summed E-state index contributed by atoms with van der Waals surface area (Å²) in [4.78, 5) is 22.8. The van der Waals surface area contributed by atoms with Gasteiger partial charge < -0.3 is 10.6 Å². The maximum Gasteiger partial charge on any atom is 0.269 e. The van der Waals surface area contributed by atoms with Crippen LogP contribution < -0.4 is 21.5 Å². The zero-order valence-electron chi connectivity index (χ0n) is 14.0. The second-order valence-electron chi connectivity index (χ2n) is 6.22. The van der Waals surface area contributed by atoms with Gasteiger partial charge in [0.2, 0.25) is 0 Å². The maximum absolute atomic E-state index is 12.2. The number of nitrogen functional groups attached to an aromatic ring is 1. The van der Waals surface area contributed by atoms with Crippen molar-refractivity contribution in [3.05, 3.63) is 41.2 Å². The second-order valence-corrected chi connectivity index (χ2v) is 6.66. The van der Waals surface area contributed by atoms with Crippen molar-refractivity contribution in [1.82, 2.24) is 15.4 Å². The van der Waals surface area contributed by atoms with Gasteiger partial charge in [-0.25, -0.2) is 9.97 Å². The van der Waals surface area contributed by atoms with E-state index in [1.807, 2.05) is 0 Å². The molecule has 1 aliphatic heterocycles. The first-order chi connectivity index (χ1) is 12.0. The molecule has 2 aromatic rings. The van der Waals surface area contributed by atoms with E-state index in [0.717, 1.165) is 25.9 Å². The molecule has 1 aromatic heterocycles. The fourth-order valence-corrected chi connectivity index (χ4v) is 2.97. The average Bonchev–Trinajstić information content (AvgIpc) is 2.61. The second kappa shape index (κ2) is 7.57. The average molecular weight is 361 g/mol. The molecule has 3 rings (SSSR count). The normalized spacial score (nSPS) is 15.0. The van der Waals surface area contributed by atoms with Crippen molar-refractivity contribution >= 4 is 34.8 Å². The quantitative estimate of drug-likeness (QED) is 0.725. The van der Waals surface area contributed by atoms with Crippen LogP contribution in [0.5, 0.6) is 0 Å². The number of halogens is 1. The number of aromatic nitrogens is 2. The fraction of sp³-hybridized carbons (Fsp3) is 0.353. The van der Waals surface area contributed by atoms with Gasteiger partial charge in [0.1, 0.15) is 12.0 Å². The number of hydrogen-bond acceptors (Lipinski definition) is 6. The largest absolute Gasteiger partial charge is 0.393 e. The maximum atomic E-state index is 12.2. The number of piperidine rings is 1. The Bertz CT molecular complexity index is 761. The molecule has 1 saturated heterocycles. The fourth-order valence-electron chi connectivity index (χ4n) is 2.78. The number of hydrogen-bond donors (Lipinski definition) is 3. The number of nitrogens with two attached hydrogens (primary N) is 1. The van der Waals surface area contributed by atoms with E-state index in [2.05, 4.69) is 32.6 Å². The molecule has 7 nitrogen and oxygen atoms in total. The van der Waals surface area contributed by atoms with Crippen LogP contribution in [0.25, 0.3) is 0 Å². The van der Waals surface area contributed by atoms with Crippen LogP contribution in [0.1, 0.15) is 30.1 Å². The zero-order chi connectivity index (χ0) is 17.8. The molecule has 0 radical (unpaired) electrons. The van der Waals surface area contributed by atoms with Crippen LogP contribution in [0, 0.1) is 5.92 Å². The molecule has 132 valence electrons. The first kappa shape index (κ1) is 17.3. The molecule has 1 fully saturated rings. The molecule has 0 spiro atoms. The van der Waals surface area contributed by atoms with Crippen molar-refractivity contribution in [2.75, 3.05) is 29.1 Å². The predicted molar refractivity (Wildman–Crippen MR) is 99.6 cm³/mol. The van der Waals surface area contributed by atoms with Crippen LogP contribution in [-0.2, 0) is 0 Å². The molecule has 0 atom stereocenters. The number of carbonyl (C=O) groups excluding carboxylic acids is 1. The number of nitrogens with zero attached hydrogens (tertiary/aromatic N) is 3. The van der Waals surface area contributed by atoms with E-state index in [1.54, 1.807) is 24.3 Å². The summed E-state index contributed by atoms with van der Waals surface area (Å²) in [5.41, 5.74) is 12.4. The van der Waals surface area contributed by atoms with Crippen molar-refractivity contribution in [3.8, 4) is 0 Å². The molecule has 25 heavy (non-hydrogen) atoms. The SMILES string of the molecule is CC1CCN(c2ncnc(NNC(=O)c3cccc(Cl)c3)c2N)CC1. The highest BCUT2D eigenvalue weighted by Crippen LogP contribution is 2.29. The van der Waals surface area contributed by atoms with Crippen molar-refractivity contribution in [1.29, 1.82) is 0 Å². The molecule has 1 amide bonds. The first-order valence-corrected chi connectivity index (χ1v) is 8.59. The Hall–Kier alpha value is -2.54. The lowest BCUT2D eigenvalue weighted by Crippen LogP contribution is -2.35. The van der Waals surface area contributed by atoms with Crippen LogP contribution in [0.2, 0.25) is 5.02 Å². The van der Waals surface area contributed by atoms with Crippen molar-refractivity contribution in [2.45, 2.75) is 19.8 Å². The van der Waals surface area contributed by atoms with Gasteiger partial charge in [-0.05, 0) is 37.0 Å². The van der Waals surface area contributed by atoms with Gasteiger partial charge in [-0.1, -0.05) is 24.6 Å². The zero-order valence-corrected chi connectivity index (χ0v) is 14.8. The van der Waals surface area contributed by atoms with Gasteiger partial charge in [0, 0.05) is 23.7 Å². The highest BCUT2D eigenvalue weighted by Gasteiger charge is 2.20. The minimum absolute atomic E-state index is 0.325. The Morgan fingerprint density at radius 1 is 1.32 bits per heavy atom. The molecule has 4 N–H and O–H groups in total. The summed E-state index contributed by atoms with van der Waals surface area (Å²) in [5.74, 6) is 1.46. The molecule has 0 saturated carbocycles. The van der Waals surface area contributed by atoms with Crippen LogP contribution in [0.4, 0.5) is 17.3 Å². The number of amides is 1. The van der Waals surface area contributed by atoms with Crippen molar-refractivity contribution < 1.29 is 4.79 Å². The Labute approximate surface area is 151 Å². The van der Waals surface area contributed by atoms with E-state index in [-0.39, 0.29) is 5.91 Å². The van der Waals surface area contributed by atoms with E-state index in [0.29, 0.717) is 33.8 Å². The third kappa shape index (κ3) is 4.11. The Morgan fingerprint density at radius 3 is 2.80 bits per heavy atom. The minimum Gasteiger partial charge on any atom is -0.393 e. The third-order valence-electron chi connectivity index (χ3n) is 4.33. The smallest absolute Gasteiger partial charge is 0.269 e. The lowest BCUT2D eigenvalue weighted by molar-refractivity contribution is 0.0962. The van der Waals surface area contributed by atoms with Gasteiger partial charge in [-0.2, -0.15) is 0 Å². The van der Waals surface area contributed by atoms with Gasteiger partial charge in [0.05, 0.1) is 0 Å². The van der Waals surface area contributed by atoms with Crippen LogP contribution in [0.3, 0.4) is 0 Å². The monoisotopic (exact) mass is 360 g/mol. The number of benzene rings is 1. The Kier molecular flexibility index (Phi) is 5.23. The molecule has 8 heteroatoms. The summed E-state index contributed by atoms with van der Waals surface area (Å²) in [5, 5.41) is 0.496. The van der Waals surface area contributed by atoms with Gasteiger partial charge >= 0.3 is 0 Å². The summed E-state index contributed by atoms with van der Waals surface area (Å²) in [6.45, 7) is 4.08. The Balaban J connectivity index is 1.69. The molecule has 0 bridgehead atoms. The summed E-state index contributed by atoms with van der Waals surface area (Å²) < 4.78 is 0. The molecular weight excluding hydrogens is 340 g/mol. The highest BCUT2D eigenvalue weighted by atomic mass is 35.5. The number of hydrazine groups is 1. The predicted octanol–water partition coefficient (Wildman–Crippen LogP) is 2.71. The number of anilines is 3. The first-order valence-electron chi connectivity index (χ1n) is 8.22. The summed E-state index contributed by atoms with van der Waals surface area (Å²) >= 11 is 5.90. The van der Waals surface area contributed by atoms with E-state index in [9.17, 15) is 4.79 Å².